The van der Waals surface area contributed by atoms with E-state index in [0.29, 0.717) is 24.6 Å². The van der Waals surface area contributed by atoms with E-state index in [2.05, 4.69) is 25.1 Å². The van der Waals surface area contributed by atoms with Crippen LogP contribution in [0.3, 0.4) is 0 Å². The fourth-order valence-electron chi connectivity index (χ4n) is 2.88. The van der Waals surface area contributed by atoms with Crippen LogP contribution in [-0.4, -0.2) is 61.0 Å². The van der Waals surface area contributed by atoms with E-state index in [1.807, 2.05) is 24.3 Å². The molecule has 0 spiro atoms. The molecule has 27 heavy (non-hydrogen) atoms. The van der Waals surface area contributed by atoms with Crippen LogP contribution in [0.4, 0.5) is 5.69 Å². The van der Waals surface area contributed by atoms with E-state index in [1.54, 1.807) is 18.3 Å². The summed E-state index contributed by atoms with van der Waals surface area (Å²) in [5, 5.41) is 3.55. The van der Waals surface area contributed by atoms with E-state index in [-0.39, 0.29) is 5.91 Å². The van der Waals surface area contributed by atoms with Crippen molar-refractivity contribution in [3.8, 4) is 0 Å². The van der Waals surface area contributed by atoms with E-state index in [1.165, 1.54) is 6.20 Å². The summed E-state index contributed by atoms with van der Waals surface area (Å²) in [4.78, 5) is 24.6. The molecular formula is C19H23ClN6O. The lowest BCUT2D eigenvalue weighted by Crippen LogP contribution is -2.51. The summed E-state index contributed by atoms with van der Waals surface area (Å²) in [5.74, 6) is 0.356. The van der Waals surface area contributed by atoms with Gasteiger partial charge in [0.1, 0.15) is 0 Å². The Balaban J connectivity index is 1.41. The van der Waals surface area contributed by atoms with Crippen LogP contribution in [0.25, 0.3) is 0 Å². The molecule has 1 fully saturated rings. The molecule has 3 N–H and O–H groups in total. The van der Waals surface area contributed by atoms with Gasteiger partial charge in [0.05, 0.1) is 12.1 Å². The zero-order valence-electron chi connectivity index (χ0n) is 15.0. The average molecular weight is 387 g/mol. The van der Waals surface area contributed by atoms with Crippen LogP contribution in [0.5, 0.6) is 0 Å². The first kappa shape index (κ1) is 19.0. The largest absolute Gasteiger partial charge is 0.370 e. The number of pyridine rings is 1. The molecule has 1 saturated heterocycles. The highest BCUT2D eigenvalue weighted by atomic mass is 35.5. The number of benzene rings is 1. The minimum absolute atomic E-state index is 0.159. The summed E-state index contributed by atoms with van der Waals surface area (Å²) < 4.78 is 0. The number of anilines is 1. The van der Waals surface area contributed by atoms with Crippen molar-refractivity contribution in [2.45, 2.75) is 0 Å². The first-order valence-electron chi connectivity index (χ1n) is 8.87. The second-order valence-corrected chi connectivity index (χ2v) is 6.62. The summed E-state index contributed by atoms with van der Waals surface area (Å²) >= 11 is 5.94. The number of amides is 1. The molecule has 8 heteroatoms. The molecule has 0 bridgehead atoms. The van der Waals surface area contributed by atoms with Crippen LogP contribution in [0.15, 0.2) is 53.8 Å². The number of nitrogens with one attached hydrogen (secondary N) is 1. The number of nitrogens with zero attached hydrogens (tertiary/aromatic N) is 4. The number of rotatable bonds is 5. The Bertz CT molecular complexity index is 773. The molecule has 2 heterocycles. The Morgan fingerprint density at radius 1 is 1.19 bits per heavy atom. The third kappa shape index (κ3) is 5.34. The summed E-state index contributed by atoms with van der Waals surface area (Å²) in [6.07, 6.45) is 3.17. The number of aliphatic imine (C=N–C) groups is 1. The maximum absolute atomic E-state index is 11.9. The molecule has 0 atom stereocenters. The number of guanidine groups is 1. The highest BCUT2D eigenvalue weighted by molar-refractivity contribution is 6.30. The predicted octanol–water partition coefficient (Wildman–Crippen LogP) is 1.60. The molecular weight excluding hydrogens is 364 g/mol. The van der Waals surface area contributed by atoms with Gasteiger partial charge < -0.3 is 20.9 Å². The molecule has 0 unspecified atom stereocenters. The van der Waals surface area contributed by atoms with Crippen LogP contribution < -0.4 is 16.0 Å². The monoisotopic (exact) mass is 386 g/mol. The standard InChI is InChI=1S/C19H23ClN6O/c20-16-3-5-17(6-4-16)25-10-12-26(13-11-25)19(21)24-9-8-23-18(27)15-2-1-7-22-14-15/h1-7,14H,8-13H2,(H2,21,24)(H,23,27). The van der Waals surface area contributed by atoms with Gasteiger partial charge in [-0.15, -0.1) is 0 Å². The Morgan fingerprint density at radius 2 is 1.93 bits per heavy atom. The van der Waals surface area contributed by atoms with Crippen molar-refractivity contribution in [1.82, 2.24) is 15.2 Å². The topological polar surface area (TPSA) is 86.8 Å². The Hall–Kier alpha value is -2.80. The first-order valence-corrected chi connectivity index (χ1v) is 9.25. The van der Waals surface area contributed by atoms with Crippen LogP contribution in [0.2, 0.25) is 5.02 Å². The van der Waals surface area contributed by atoms with Crippen molar-refractivity contribution in [3.05, 3.63) is 59.4 Å². The van der Waals surface area contributed by atoms with Crippen LogP contribution >= 0.6 is 11.6 Å². The van der Waals surface area contributed by atoms with E-state index in [0.717, 1.165) is 36.9 Å². The second kappa shape index (κ2) is 9.23. The van der Waals surface area contributed by atoms with Crippen molar-refractivity contribution in [2.24, 2.45) is 10.7 Å². The second-order valence-electron chi connectivity index (χ2n) is 6.19. The number of nitrogens with two attached hydrogens (primary N) is 1. The summed E-state index contributed by atoms with van der Waals surface area (Å²) in [5.41, 5.74) is 7.79. The minimum atomic E-state index is -0.159. The van der Waals surface area contributed by atoms with Gasteiger partial charge in [-0.1, -0.05) is 11.6 Å². The third-order valence-corrected chi connectivity index (χ3v) is 4.64. The molecule has 1 aliphatic rings. The fraction of sp³-hybridized carbons (Fsp3) is 0.316. The number of halogens is 1. The van der Waals surface area contributed by atoms with Gasteiger partial charge in [-0.25, -0.2) is 0 Å². The van der Waals surface area contributed by atoms with E-state index >= 15 is 0 Å². The molecule has 0 aliphatic carbocycles. The number of carbonyl (C=O) groups is 1. The van der Waals surface area contributed by atoms with E-state index < -0.39 is 0 Å². The number of carbonyl (C=O) groups excluding carboxylic acids is 1. The lowest BCUT2D eigenvalue weighted by molar-refractivity contribution is 0.0954. The number of aromatic nitrogens is 1. The van der Waals surface area contributed by atoms with Gasteiger partial charge in [-0.3, -0.25) is 14.8 Å². The van der Waals surface area contributed by atoms with Crippen molar-refractivity contribution in [2.75, 3.05) is 44.2 Å². The highest BCUT2D eigenvalue weighted by Crippen LogP contribution is 2.19. The molecule has 1 aromatic heterocycles. The van der Waals surface area contributed by atoms with Gasteiger partial charge in [-0.2, -0.15) is 0 Å². The minimum Gasteiger partial charge on any atom is -0.370 e. The van der Waals surface area contributed by atoms with Gasteiger partial charge in [0.15, 0.2) is 5.96 Å². The lowest BCUT2D eigenvalue weighted by atomic mass is 10.2. The molecule has 142 valence electrons. The summed E-state index contributed by atoms with van der Waals surface area (Å²) in [6.45, 7) is 4.22. The van der Waals surface area contributed by atoms with E-state index in [9.17, 15) is 4.79 Å². The fourth-order valence-corrected chi connectivity index (χ4v) is 3.01. The zero-order chi connectivity index (χ0) is 19.1. The number of hydrogen-bond donors (Lipinski definition) is 2. The molecule has 1 aromatic carbocycles. The normalized spacial score (nSPS) is 14.9. The zero-order valence-corrected chi connectivity index (χ0v) is 15.8. The summed E-state index contributed by atoms with van der Waals surface area (Å²) in [7, 11) is 0. The average Bonchev–Trinajstić information content (AvgIpc) is 2.72. The SMILES string of the molecule is NC(=NCCNC(=O)c1cccnc1)N1CCN(c2ccc(Cl)cc2)CC1. The molecule has 1 amide bonds. The number of piperazine rings is 1. The quantitative estimate of drug-likeness (QED) is 0.463. The van der Waals surface area contributed by atoms with Crippen LogP contribution in [-0.2, 0) is 0 Å². The van der Waals surface area contributed by atoms with Gasteiger partial charge in [-0.05, 0) is 36.4 Å². The molecule has 0 saturated carbocycles. The van der Waals surface area contributed by atoms with Crippen molar-refractivity contribution in [1.29, 1.82) is 0 Å². The van der Waals surface area contributed by atoms with Crippen LogP contribution in [0, 0.1) is 0 Å². The molecule has 2 aromatic rings. The Morgan fingerprint density at radius 3 is 2.59 bits per heavy atom. The summed E-state index contributed by atoms with van der Waals surface area (Å²) in [6, 6.07) is 11.3. The third-order valence-electron chi connectivity index (χ3n) is 4.39. The maximum atomic E-state index is 11.9. The van der Waals surface area contributed by atoms with E-state index in [4.69, 9.17) is 17.3 Å². The highest BCUT2D eigenvalue weighted by Gasteiger charge is 2.18. The van der Waals surface area contributed by atoms with Gasteiger partial charge >= 0.3 is 0 Å². The van der Waals surface area contributed by atoms with Crippen LogP contribution in [0.1, 0.15) is 10.4 Å². The Labute approximate surface area is 163 Å². The molecule has 3 rings (SSSR count). The molecule has 7 nitrogen and oxygen atoms in total. The molecule has 0 radical (unpaired) electrons. The molecule has 1 aliphatic heterocycles. The van der Waals surface area contributed by atoms with Crippen molar-refractivity contribution < 1.29 is 4.79 Å². The predicted molar refractivity (Wildman–Crippen MR) is 108 cm³/mol. The van der Waals surface area contributed by atoms with Crippen molar-refractivity contribution in [3.63, 3.8) is 0 Å². The van der Waals surface area contributed by atoms with Gasteiger partial charge in [0.2, 0.25) is 0 Å². The Kier molecular flexibility index (Phi) is 6.49. The van der Waals surface area contributed by atoms with Crippen molar-refractivity contribution >= 4 is 29.2 Å². The van der Waals surface area contributed by atoms with Gasteiger partial charge in [0, 0.05) is 55.8 Å². The smallest absolute Gasteiger partial charge is 0.252 e. The lowest BCUT2D eigenvalue weighted by Gasteiger charge is -2.36. The maximum Gasteiger partial charge on any atom is 0.252 e. The number of hydrogen-bond acceptors (Lipinski definition) is 4. The first-order chi connectivity index (χ1) is 13.1. The van der Waals surface area contributed by atoms with Gasteiger partial charge in [0.25, 0.3) is 5.91 Å².